The maximum atomic E-state index is 14.1. The van der Waals surface area contributed by atoms with E-state index in [-0.39, 0.29) is 17.8 Å². The SMILES string of the molecule is COC(=O)C1CCC(Cn2c(-c3ccc(Cl)cc3OC)nc3cc(F)c(F)cc32)CC1. The van der Waals surface area contributed by atoms with E-state index in [4.69, 9.17) is 21.1 Å². The lowest BCUT2D eigenvalue weighted by Gasteiger charge is -2.28. The van der Waals surface area contributed by atoms with Crippen molar-refractivity contribution in [3.63, 3.8) is 0 Å². The quantitative estimate of drug-likeness (QED) is 0.475. The number of methoxy groups -OCH3 is 2. The zero-order valence-electron chi connectivity index (χ0n) is 17.3. The smallest absolute Gasteiger partial charge is 0.308 e. The first-order valence-electron chi connectivity index (χ1n) is 10.2. The van der Waals surface area contributed by atoms with E-state index in [0.717, 1.165) is 31.7 Å². The summed E-state index contributed by atoms with van der Waals surface area (Å²) < 4.78 is 40.2. The van der Waals surface area contributed by atoms with E-state index in [1.54, 1.807) is 18.2 Å². The average Bonchev–Trinajstić information content (AvgIpc) is 3.10. The minimum atomic E-state index is -0.939. The van der Waals surface area contributed by atoms with Gasteiger partial charge in [-0.05, 0) is 49.8 Å². The zero-order chi connectivity index (χ0) is 22.1. The lowest BCUT2D eigenvalue weighted by atomic mass is 9.82. The van der Waals surface area contributed by atoms with Crippen LogP contribution in [-0.2, 0) is 16.1 Å². The highest BCUT2D eigenvalue weighted by Crippen LogP contribution is 2.37. The summed E-state index contributed by atoms with van der Waals surface area (Å²) in [5.74, 6) is -0.756. The van der Waals surface area contributed by atoms with Crippen molar-refractivity contribution in [2.75, 3.05) is 14.2 Å². The minimum absolute atomic E-state index is 0.0804. The number of benzene rings is 2. The van der Waals surface area contributed by atoms with Gasteiger partial charge in [-0.1, -0.05) is 11.6 Å². The van der Waals surface area contributed by atoms with Crippen molar-refractivity contribution >= 4 is 28.6 Å². The number of ether oxygens (including phenoxy) is 2. The molecule has 2 aromatic carbocycles. The Bertz CT molecular complexity index is 1120. The Morgan fingerprint density at radius 2 is 1.84 bits per heavy atom. The van der Waals surface area contributed by atoms with Gasteiger partial charge < -0.3 is 14.0 Å². The highest BCUT2D eigenvalue weighted by Gasteiger charge is 2.28. The highest BCUT2D eigenvalue weighted by atomic mass is 35.5. The largest absolute Gasteiger partial charge is 0.496 e. The third-order valence-electron chi connectivity index (χ3n) is 6.02. The predicted molar refractivity (Wildman–Crippen MR) is 114 cm³/mol. The number of esters is 1. The number of carbonyl (C=O) groups is 1. The third kappa shape index (κ3) is 4.24. The highest BCUT2D eigenvalue weighted by molar-refractivity contribution is 6.30. The van der Waals surface area contributed by atoms with Crippen LogP contribution in [-0.4, -0.2) is 29.7 Å². The molecule has 0 unspecified atom stereocenters. The molecule has 3 aromatic rings. The Labute approximate surface area is 183 Å². The molecule has 1 saturated carbocycles. The molecule has 0 saturated heterocycles. The van der Waals surface area contributed by atoms with E-state index in [1.165, 1.54) is 20.3 Å². The van der Waals surface area contributed by atoms with Crippen LogP contribution in [0.25, 0.3) is 22.4 Å². The zero-order valence-corrected chi connectivity index (χ0v) is 18.1. The number of fused-ring (bicyclic) bond motifs is 1. The van der Waals surface area contributed by atoms with Crippen LogP contribution in [0.1, 0.15) is 25.7 Å². The van der Waals surface area contributed by atoms with Crippen molar-refractivity contribution in [1.29, 1.82) is 0 Å². The second-order valence-electron chi connectivity index (χ2n) is 7.89. The maximum absolute atomic E-state index is 14.1. The van der Waals surface area contributed by atoms with Gasteiger partial charge in [-0.25, -0.2) is 13.8 Å². The van der Waals surface area contributed by atoms with Crippen LogP contribution in [0.5, 0.6) is 5.75 Å². The summed E-state index contributed by atoms with van der Waals surface area (Å²) >= 11 is 6.11. The number of carbonyl (C=O) groups excluding carboxylic acids is 1. The number of rotatable bonds is 5. The van der Waals surface area contributed by atoms with Crippen molar-refractivity contribution < 1.29 is 23.0 Å². The summed E-state index contributed by atoms with van der Waals surface area (Å²) in [6.07, 6.45) is 3.15. The topological polar surface area (TPSA) is 53.4 Å². The lowest BCUT2D eigenvalue weighted by molar-refractivity contribution is -0.146. The van der Waals surface area contributed by atoms with Gasteiger partial charge in [-0.3, -0.25) is 4.79 Å². The third-order valence-corrected chi connectivity index (χ3v) is 6.25. The van der Waals surface area contributed by atoms with Crippen molar-refractivity contribution in [3.05, 3.63) is 47.0 Å². The predicted octanol–water partition coefficient (Wildman–Crippen LogP) is 5.62. The fourth-order valence-electron chi connectivity index (χ4n) is 4.37. The van der Waals surface area contributed by atoms with Crippen LogP contribution >= 0.6 is 11.6 Å². The molecule has 4 rings (SSSR count). The van der Waals surface area contributed by atoms with Crippen LogP contribution in [0.3, 0.4) is 0 Å². The molecule has 1 aliphatic rings. The van der Waals surface area contributed by atoms with Crippen molar-refractivity contribution in [3.8, 4) is 17.1 Å². The van der Waals surface area contributed by atoms with E-state index in [0.29, 0.717) is 39.7 Å². The molecule has 31 heavy (non-hydrogen) atoms. The number of aromatic nitrogens is 2. The van der Waals surface area contributed by atoms with Gasteiger partial charge in [0.2, 0.25) is 0 Å². The first-order valence-corrected chi connectivity index (χ1v) is 10.6. The summed E-state index contributed by atoms with van der Waals surface area (Å²) in [7, 11) is 2.95. The second-order valence-corrected chi connectivity index (χ2v) is 8.32. The van der Waals surface area contributed by atoms with E-state index < -0.39 is 11.6 Å². The van der Waals surface area contributed by atoms with E-state index in [2.05, 4.69) is 4.98 Å². The molecule has 1 aliphatic carbocycles. The van der Waals surface area contributed by atoms with Crippen LogP contribution in [0.4, 0.5) is 8.78 Å². The van der Waals surface area contributed by atoms with Crippen LogP contribution in [0.15, 0.2) is 30.3 Å². The maximum Gasteiger partial charge on any atom is 0.308 e. The molecule has 0 bridgehead atoms. The minimum Gasteiger partial charge on any atom is -0.496 e. The Morgan fingerprint density at radius 3 is 2.52 bits per heavy atom. The Morgan fingerprint density at radius 1 is 1.13 bits per heavy atom. The Balaban J connectivity index is 1.74. The molecular formula is C23H23ClF2N2O3. The van der Waals surface area contributed by atoms with E-state index in [1.807, 2.05) is 4.57 Å². The summed E-state index contributed by atoms with van der Waals surface area (Å²) in [5.41, 5.74) is 1.57. The van der Waals surface area contributed by atoms with Gasteiger partial charge in [0.15, 0.2) is 11.6 Å². The van der Waals surface area contributed by atoms with Gasteiger partial charge in [0.25, 0.3) is 0 Å². The molecule has 1 aromatic heterocycles. The number of imidazole rings is 1. The molecule has 0 radical (unpaired) electrons. The van der Waals surface area contributed by atoms with Gasteiger partial charge in [0, 0.05) is 23.7 Å². The van der Waals surface area contributed by atoms with Crippen molar-refractivity contribution in [1.82, 2.24) is 9.55 Å². The normalized spacial score (nSPS) is 18.9. The Hall–Kier alpha value is -2.67. The molecule has 8 heteroatoms. The van der Waals surface area contributed by atoms with Crippen LogP contribution in [0.2, 0.25) is 5.02 Å². The van der Waals surface area contributed by atoms with Crippen molar-refractivity contribution in [2.45, 2.75) is 32.2 Å². The summed E-state index contributed by atoms with van der Waals surface area (Å²) in [6, 6.07) is 7.50. The standard InChI is InChI=1S/C23H23ClF2N2O3/c1-30-21-9-15(24)7-8-16(21)22-27-19-10-17(25)18(26)11-20(19)28(22)12-13-3-5-14(6-4-13)23(29)31-2/h7-11,13-14H,3-6,12H2,1-2H3. The fourth-order valence-corrected chi connectivity index (χ4v) is 4.53. The van der Waals surface area contributed by atoms with Crippen LogP contribution in [0, 0.1) is 23.5 Å². The van der Waals surface area contributed by atoms with E-state index in [9.17, 15) is 13.6 Å². The number of hydrogen-bond donors (Lipinski definition) is 0. The summed E-state index contributed by atoms with van der Waals surface area (Å²) in [5, 5.41) is 0.515. The lowest BCUT2D eigenvalue weighted by Crippen LogP contribution is -2.25. The van der Waals surface area contributed by atoms with Gasteiger partial charge in [0.1, 0.15) is 11.6 Å². The van der Waals surface area contributed by atoms with E-state index >= 15 is 0 Å². The van der Waals surface area contributed by atoms with Gasteiger partial charge in [-0.15, -0.1) is 0 Å². The molecule has 1 fully saturated rings. The molecular weight excluding hydrogens is 426 g/mol. The number of hydrogen-bond acceptors (Lipinski definition) is 4. The second kappa shape index (κ2) is 8.83. The van der Waals surface area contributed by atoms with Gasteiger partial charge in [-0.2, -0.15) is 0 Å². The van der Waals surface area contributed by atoms with Crippen molar-refractivity contribution in [2.24, 2.45) is 11.8 Å². The van der Waals surface area contributed by atoms with Gasteiger partial charge in [0.05, 0.1) is 36.7 Å². The molecule has 0 aliphatic heterocycles. The summed E-state index contributed by atoms with van der Waals surface area (Å²) in [4.78, 5) is 16.4. The average molecular weight is 449 g/mol. The fraction of sp³-hybridized carbons (Fsp3) is 0.391. The van der Waals surface area contributed by atoms with Gasteiger partial charge >= 0.3 is 5.97 Å². The molecule has 0 atom stereocenters. The molecule has 0 spiro atoms. The first-order chi connectivity index (χ1) is 14.9. The number of nitrogens with zero attached hydrogens (tertiary/aromatic N) is 2. The monoisotopic (exact) mass is 448 g/mol. The summed E-state index contributed by atoms with van der Waals surface area (Å²) in [6.45, 7) is 0.566. The Kier molecular flexibility index (Phi) is 6.14. The molecule has 0 N–H and O–H groups in total. The molecule has 1 heterocycles. The van der Waals surface area contributed by atoms with Crippen LogP contribution < -0.4 is 4.74 Å². The first kappa shape index (κ1) is 21.6. The molecule has 0 amide bonds. The molecule has 5 nitrogen and oxygen atoms in total. The number of halogens is 3. The molecule has 164 valence electrons.